The molecule has 156 valence electrons. The highest BCUT2D eigenvalue weighted by molar-refractivity contribution is 7.18. The second-order valence-electron chi connectivity index (χ2n) is 7.87. The first-order chi connectivity index (χ1) is 15.2. The van der Waals surface area contributed by atoms with Crippen LogP contribution in [-0.2, 0) is 30.7 Å². The van der Waals surface area contributed by atoms with Gasteiger partial charge in [0.25, 0.3) is 5.56 Å². The molecular formula is C25H23N3O2S. The van der Waals surface area contributed by atoms with E-state index in [2.05, 4.69) is 4.98 Å². The molecule has 0 fully saturated rings. The fourth-order valence-corrected chi connectivity index (χ4v) is 5.44. The van der Waals surface area contributed by atoms with Crippen LogP contribution in [0, 0.1) is 0 Å². The monoisotopic (exact) mass is 429 g/mol. The molecule has 0 saturated heterocycles. The highest BCUT2D eigenvalue weighted by Crippen LogP contribution is 2.33. The number of anilines is 1. The van der Waals surface area contributed by atoms with E-state index in [-0.39, 0.29) is 18.0 Å². The van der Waals surface area contributed by atoms with E-state index in [0.717, 1.165) is 47.3 Å². The minimum absolute atomic E-state index is 0.0336. The Hall–Kier alpha value is -3.25. The van der Waals surface area contributed by atoms with E-state index in [1.807, 2.05) is 60.7 Å². The molecule has 2 aromatic carbocycles. The lowest BCUT2D eigenvalue weighted by Crippen LogP contribution is -2.36. The van der Waals surface area contributed by atoms with Gasteiger partial charge >= 0.3 is 0 Å². The number of nitrogens with zero attached hydrogens (tertiary/aromatic N) is 3. The molecule has 0 bridgehead atoms. The van der Waals surface area contributed by atoms with Gasteiger partial charge in [-0.2, -0.15) is 0 Å². The van der Waals surface area contributed by atoms with Crippen molar-refractivity contribution in [1.29, 1.82) is 0 Å². The average Bonchev–Trinajstić information content (AvgIpc) is 3.20. The number of fused-ring (bicyclic) bond motifs is 3. The van der Waals surface area contributed by atoms with Gasteiger partial charge < -0.3 is 4.90 Å². The van der Waals surface area contributed by atoms with E-state index in [1.54, 1.807) is 16.2 Å². The average molecular weight is 430 g/mol. The zero-order valence-electron chi connectivity index (χ0n) is 17.2. The quantitative estimate of drug-likeness (QED) is 0.467. The lowest BCUT2D eigenvalue weighted by molar-refractivity contribution is -0.119. The minimum atomic E-state index is -0.137. The van der Waals surface area contributed by atoms with Crippen LogP contribution in [0.3, 0.4) is 0 Å². The maximum Gasteiger partial charge on any atom is 0.262 e. The van der Waals surface area contributed by atoms with Crippen LogP contribution in [0.1, 0.15) is 28.8 Å². The van der Waals surface area contributed by atoms with Crippen molar-refractivity contribution in [2.24, 2.45) is 0 Å². The number of hydrogen-bond donors (Lipinski definition) is 0. The lowest BCUT2D eigenvalue weighted by Gasteiger charge is -2.23. The number of benzene rings is 2. The van der Waals surface area contributed by atoms with Crippen LogP contribution in [0.5, 0.6) is 0 Å². The van der Waals surface area contributed by atoms with Gasteiger partial charge in [0.15, 0.2) is 0 Å². The van der Waals surface area contributed by atoms with Gasteiger partial charge in [-0.1, -0.05) is 48.5 Å². The van der Waals surface area contributed by atoms with Gasteiger partial charge in [-0.05, 0) is 48.9 Å². The van der Waals surface area contributed by atoms with E-state index in [4.69, 9.17) is 0 Å². The summed E-state index contributed by atoms with van der Waals surface area (Å²) in [6.07, 6.45) is 5.74. The molecule has 1 aliphatic rings. The molecule has 1 amide bonds. The summed E-state index contributed by atoms with van der Waals surface area (Å²) >= 11 is 1.63. The molecule has 4 aromatic rings. The standard InChI is InChI=1S/C25H23N3O2S/c29-22(28(19-11-5-2-6-12-19)15-18-9-3-1-4-10-18)16-27-17-26-24-23(25(27)30)20-13-7-8-14-21(20)31-24/h1-6,9-12,17H,7-8,13-16H2. The first-order valence-electron chi connectivity index (χ1n) is 10.6. The molecule has 0 spiro atoms. The summed E-state index contributed by atoms with van der Waals surface area (Å²) in [5.74, 6) is -0.137. The Morgan fingerprint density at radius 1 is 1.00 bits per heavy atom. The molecule has 0 N–H and O–H groups in total. The zero-order valence-corrected chi connectivity index (χ0v) is 18.0. The lowest BCUT2D eigenvalue weighted by atomic mass is 9.97. The van der Waals surface area contributed by atoms with E-state index in [0.29, 0.717) is 11.9 Å². The van der Waals surface area contributed by atoms with E-state index in [9.17, 15) is 9.59 Å². The van der Waals surface area contributed by atoms with Gasteiger partial charge in [-0.25, -0.2) is 4.98 Å². The normalized spacial score (nSPS) is 13.2. The molecule has 2 aromatic heterocycles. The molecule has 0 radical (unpaired) electrons. The van der Waals surface area contributed by atoms with Crippen molar-refractivity contribution >= 4 is 33.1 Å². The maximum absolute atomic E-state index is 13.4. The Morgan fingerprint density at radius 2 is 1.71 bits per heavy atom. The SMILES string of the molecule is O=C(Cn1cnc2sc3c(c2c1=O)CCCC3)N(Cc1ccccc1)c1ccccc1. The van der Waals surface area contributed by atoms with Crippen LogP contribution >= 0.6 is 11.3 Å². The molecule has 0 aliphatic heterocycles. The summed E-state index contributed by atoms with van der Waals surface area (Å²) < 4.78 is 1.47. The summed E-state index contributed by atoms with van der Waals surface area (Å²) in [5.41, 5.74) is 2.89. The molecule has 5 rings (SSSR count). The third kappa shape index (κ3) is 3.91. The zero-order chi connectivity index (χ0) is 21.2. The van der Waals surface area contributed by atoms with Crippen LogP contribution in [-0.4, -0.2) is 15.5 Å². The number of aryl methyl sites for hydroxylation is 2. The summed E-state index contributed by atoms with van der Waals surface area (Å²) in [7, 11) is 0. The Balaban J connectivity index is 1.48. The van der Waals surface area contributed by atoms with Crippen LogP contribution < -0.4 is 10.5 Å². The molecule has 0 saturated carbocycles. The van der Waals surface area contributed by atoms with Crippen molar-refractivity contribution in [3.8, 4) is 0 Å². The topological polar surface area (TPSA) is 55.2 Å². The van der Waals surface area contributed by atoms with Gasteiger partial charge in [0.1, 0.15) is 11.4 Å². The molecule has 31 heavy (non-hydrogen) atoms. The maximum atomic E-state index is 13.4. The summed E-state index contributed by atoms with van der Waals surface area (Å²) in [4.78, 5) is 35.0. The number of para-hydroxylation sites is 1. The largest absolute Gasteiger partial charge is 0.306 e. The van der Waals surface area contributed by atoms with Crippen molar-refractivity contribution < 1.29 is 4.79 Å². The predicted octanol–water partition coefficient (Wildman–Crippen LogP) is 4.57. The molecule has 2 heterocycles. The molecule has 1 aliphatic carbocycles. The van der Waals surface area contributed by atoms with E-state index in [1.165, 1.54) is 15.8 Å². The van der Waals surface area contributed by atoms with Crippen LogP contribution in [0.4, 0.5) is 5.69 Å². The summed E-state index contributed by atoms with van der Waals surface area (Å²) in [6.45, 7) is 0.413. The number of carbonyl (C=O) groups excluding carboxylic acids is 1. The highest BCUT2D eigenvalue weighted by Gasteiger charge is 2.22. The second-order valence-corrected chi connectivity index (χ2v) is 8.95. The van der Waals surface area contributed by atoms with Gasteiger partial charge in [0, 0.05) is 10.6 Å². The van der Waals surface area contributed by atoms with Gasteiger partial charge in [0.05, 0.1) is 18.3 Å². The number of thiophene rings is 1. The second kappa shape index (κ2) is 8.47. The molecule has 0 unspecified atom stereocenters. The molecule has 6 heteroatoms. The van der Waals surface area contributed by atoms with Crippen LogP contribution in [0.15, 0.2) is 71.8 Å². The first-order valence-corrected chi connectivity index (χ1v) is 11.4. The number of carbonyl (C=O) groups is 1. The van der Waals surface area contributed by atoms with E-state index >= 15 is 0 Å². The third-order valence-electron chi connectivity index (χ3n) is 5.80. The van der Waals surface area contributed by atoms with Crippen molar-refractivity contribution in [3.63, 3.8) is 0 Å². The Bertz CT molecular complexity index is 1280. The number of aromatic nitrogens is 2. The Labute approximate surface area is 184 Å². The Morgan fingerprint density at radius 3 is 2.48 bits per heavy atom. The number of rotatable bonds is 5. The summed E-state index contributed by atoms with van der Waals surface area (Å²) in [6, 6.07) is 19.5. The van der Waals surface area contributed by atoms with E-state index < -0.39 is 0 Å². The number of amides is 1. The molecule has 5 nitrogen and oxygen atoms in total. The minimum Gasteiger partial charge on any atom is -0.306 e. The van der Waals surface area contributed by atoms with Crippen molar-refractivity contribution in [1.82, 2.24) is 9.55 Å². The van der Waals surface area contributed by atoms with Gasteiger partial charge in [0.2, 0.25) is 5.91 Å². The third-order valence-corrected chi connectivity index (χ3v) is 7.00. The number of hydrogen-bond acceptors (Lipinski definition) is 4. The fraction of sp³-hybridized carbons (Fsp3) is 0.240. The van der Waals surface area contributed by atoms with Gasteiger partial charge in [-0.15, -0.1) is 11.3 Å². The Kier molecular flexibility index (Phi) is 5.38. The molecular weight excluding hydrogens is 406 g/mol. The fourth-order valence-electron chi connectivity index (χ4n) is 4.22. The smallest absolute Gasteiger partial charge is 0.262 e. The van der Waals surface area contributed by atoms with Crippen LogP contribution in [0.2, 0.25) is 0 Å². The van der Waals surface area contributed by atoms with Crippen molar-refractivity contribution in [3.05, 3.63) is 93.3 Å². The van der Waals surface area contributed by atoms with Gasteiger partial charge in [-0.3, -0.25) is 14.2 Å². The summed E-state index contributed by atoms with van der Waals surface area (Å²) in [5, 5.41) is 0.712. The van der Waals surface area contributed by atoms with Crippen molar-refractivity contribution in [2.75, 3.05) is 4.90 Å². The highest BCUT2D eigenvalue weighted by atomic mass is 32.1. The van der Waals surface area contributed by atoms with Crippen LogP contribution in [0.25, 0.3) is 10.2 Å². The van der Waals surface area contributed by atoms with Crippen molar-refractivity contribution in [2.45, 2.75) is 38.8 Å². The predicted molar refractivity (Wildman–Crippen MR) is 125 cm³/mol. The first kappa shape index (κ1) is 19.7. The molecule has 0 atom stereocenters.